The van der Waals surface area contributed by atoms with E-state index in [9.17, 15) is 24.6 Å². The zero-order valence-electron chi connectivity index (χ0n) is 19.6. The van der Waals surface area contributed by atoms with E-state index in [-0.39, 0.29) is 36.5 Å². The van der Waals surface area contributed by atoms with Crippen LogP contribution in [0.25, 0.3) is 22.2 Å². The molecule has 2 aromatic carbocycles. The van der Waals surface area contributed by atoms with Crippen LogP contribution in [-0.4, -0.2) is 64.7 Å². The monoisotopic (exact) mass is 475 g/mol. The number of carbonyl (C=O) groups excluding carboxylic acids is 2. The predicted molar refractivity (Wildman–Crippen MR) is 130 cm³/mol. The second kappa shape index (κ2) is 9.55. The summed E-state index contributed by atoms with van der Waals surface area (Å²) in [4.78, 5) is 42.9. The first-order valence-electron chi connectivity index (χ1n) is 11.0. The van der Waals surface area contributed by atoms with Crippen molar-refractivity contribution in [3.05, 3.63) is 70.4 Å². The number of aromatic nitrogens is 1. The molecule has 3 aromatic rings. The van der Waals surface area contributed by atoms with Gasteiger partial charge in [0.05, 0.1) is 42.6 Å². The Morgan fingerprint density at radius 2 is 1.86 bits per heavy atom. The first-order chi connectivity index (χ1) is 16.7. The summed E-state index contributed by atoms with van der Waals surface area (Å²) >= 11 is 0. The van der Waals surface area contributed by atoms with Gasteiger partial charge in [-0.2, -0.15) is 0 Å². The minimum absolute atomic E-state index is 0.0459. The molecule has 2 heterocycles. The van der Waals surface area contributed by atoms with E-state index in [1.165, 1.54) is 12.0 Å². The number of aliphatic hydroxyl groups is 1. The normalized spacial score (nSPS) is 13.5. The molecule has 0 atom stereocenters. The number of β-amino-alcohol motifs (C(OH)–C–C–N with tert-alkyl or cyclic N) is 1. The van der Waals surface area contributed by atoms with Gasteiger partial charge in [-0.3, -0.25) is 4.79 Å². The van der Waals surface area contributed by atoms with Gasteiger partial charge in [-0.25, -0.2) is 14.6 Å². The molecule has 0 aliphatic carbocycles. The van der Waals surface area contributed by atoms with E-state index in [0.717, 1.165) is 11.1 Å². The van der Waals surface area contributed by atoms with Crippen LogP contribution in [0.4, 0.5) is 5.69 Å². The highest BCUT2D eigenvalue weighted by atomic mass is 16.5. The number of carbonyl (C=O) groups is 3. The summed E-state index contributed by atoms with van der Waals surface area (Å²) in [6, 6.07) is 12.3. The molecule has 0 unspecified atom stereocenters. The number of anilines is 1. The minimum atomic E-state index is -1.03. The van der Waals surface area contributed by atoms with E-state index in [1.54, 1.807) is 30.3 Å². The van der Waals surface area contributed by atoms with Crippen LogP contribution in [0, 0.1) is 13.8 Å². The molecule has 4 rings (SSSR count). The molecule has 0 radical (unpaired) electrons. The van der Waals surface area contributed by atoms with Crippen LogP contribution in [0.5, 0.6) is 0 Å². The number of rotatable bonds is 7. The van der Waals surface area contributed by atoms with Gasteiger partial charge in [0.2, 0.25) is 0 Å². The van der Waals surface area contributed by atoms with Gasteiger partial charge in [-0.1, -0.05) is 23.8 Å². The first-order valence-corrected chi connectivity index (χ1v) is 11.0. The van der Waals surface area contributed by atoms with Crippen LogP contribution in [0.3, 0.4) is 0 Å². The van der Waals surface area contributed by atoms with Crippen LogP contribution in [0.15, 0.2) is 53.7 Å². The lowest BCUT2D eigenvalue weighted by Gasteiger charge is -2.15. The van der Waals surface area contributed by atoms with Crippen LogP contribution in [-0.2, 0) is 14.3 Å². The van der Waals surface area contributed by atoms with E-state index >= 15 is 0 Å². The van der Waals surface area contributed by atoms with Crippen molar-refractivity contribution >= 4 is 34.4 Å². The van der Waals surface area contributed by atoms with Gasteiger partial charge >= 0.3 is 11.9 Å². The maximum absolute atomic E-state index is 12.7. The zero-order chi connectivity index (χ0) is 25.3. The Morgan fingerprint density at radius 3 is 2.49 bits per heavy atom. The van der Waals surface area contributed by atoms with Crippen molar-refractivity contribution in [1.82, 2.24) is 9.88 Å². The Balaban J connectivity index is 1.68. The molecule has 0 bridgehead atoms. The standard InChI is InChI=1S/C26H25N3O6/c1-14-10-15(2)22-18(11-14)19(25(32)33)12-21(28-22)16-4-6-17(7-5-16)27-23-20(26(34)35-3)13-29(8-9-30)24(23)31/h4-7,10-12,27,30H,8-9,13H2,1-3H3,(H,32,33). The van der Waals surface area contributed by atoms with Gasteiger partial charge in [0.15, 0.2) is 0 Å². The van der Waals surface area contributed by atoms with E-state index < -0.39 is 17.8 Å². The van der Waals surface area contributed by atoms with Crippen LogP contribution in [0.1, 0.15) is 21.5 Å². The van der Waals surface area contributed by atoms with Gasteiger partial charge in [0.1, 0.15) is 5.70 Å². The number of fused-ring (bicyclic) bond motifs is 1. The van der Waals surface area contributed by atoms with Crippen LogP contribution >= 0.6 is 0 Å². The fraction of sp³-hybridized carbons (Fsp3) is 0.231. The topological polar surface area (TPSA) is 129 Å². The Labute approximate surface area is 201 Å². The number of hydrogen-bond acceptors (Lipinski definition) is 7. The second-order valence-electron chi connectivity index (χ2n) is 8.34. The molecule has 1 aliphatic rings. The maximum atomic E-state index is 12.7. The number of ether oxygens (including phenoxy) is 1. The highest BCUT2D eigenvalue weighted by Crippen LogP contribution is 2.29. The first kappa shape index (κ1) is 23.9. The lowest BCUT2D eigenvalue weighted by molar-refractivity contribution is -0.136. The number of aromatic carboxylic acids is 1. The number of pyridine rings is 1. The van der Waals surface area contributed by atoms with Crippen molar-refractivity contribution < 1.29 is 29.3 Å². The number of carboxylic acid groups (broad SMARTS) is 1. The molecular weight excluding hydrogens is 450 g/mol. The molecule has 0 saturated carbocycles. The number of esters is 1. The third-order valence-corrected chi connectivity index (χ3v) is 5.88. The molecule has 9 heteroatoms. The average Bonchev–Trinajstić information content (AvgIpc) is 3.13. The van der Waals surface area contributed by atoms with Gasteiger partial charge in [0.25, 0.3) is 5.91 Å². The molecular formula is C26H25N3O6. The van der Waals surface area contributed by atoms with Gasteiger partial charge in [0, 0.05) is 23.2 Å². The van der Waals surface area contributed by atoms with E-state index in [1.807, 2.05) is 26.0 Å². The van der Waals surface area contributed by atoms with E-state index in [2.05, 4.69) is 5.32 Å². The predicted octanol–water partition coefficient (Wildman–Crippen LogP) is 2.89. The molecule has 0 fully saturated rings. The number of hydrogen-bond donors (Lipinski definition) is 3. The summed E-state index contributed by atoms with van der Waals surface area (Å²) in [7, 11) is 1.24. The number of methoxy groups -OCH3 is 1. The highest BCUT2D eigenvalue weighted by molar-refractivity contribution is 6.08. The number of benzene rings is 2. The van der Waals surface area contributed by atoms with Crippen molar-refractivity contribution in [2.75, 3.05) is 32.1 Å². The minimum Gasteiger partial charge on any atom is -0.478 e. The summed E-state index contributed by atoms with van der Waals surface area (Å²) in [6.07, 6.45) is 0. The molecule has 35 heavy (non-hydrogen) atoms. The quantitative estimate of drug-likeness (QED) is 0.445. The van der Waals surface area contributed by atoms with E-state index in [4.69, 9.17) is 9.72 Å². The molecule has 1 amide bonds. The molecule has 9 nitrogen and oxygen atoms in total. The number of aliphatic hydroxyl groups excluding tert-OH is 1. The lowest BCUT2D eigenvalue weighted by Crippen LogP contribution is -2.31. The van der Waals surface area contributed by atoms with Gasteiger partial charge in [-0.15, -0.1) is 0 Å². The summed E-state index contributed by atoms with van der Waals surface area (Å²) in [6.45, 7) is 3.73. The largest absolute Gasteiger partial charge is 0.478 e. The third-order valence-electron chi connectivity index (χ3n) is 5.88. The smallest absolute Gasteiger partial charge is 0.337 e. The Kier molecular flexibility index (Phi) is 6.52. The van der Waals surface area contributed by atoms with Crippen LogP contribution in [0.2, 0.25) is 0 Å². The van der Waals surface area contributed by atoms with Crippen molar-refractivity contribution in [3.63, 3.8) is 0 Å². The molecule has 3 N–H and O–H groups in total. The second-order valence-corrected chi connectivity index (χ2v) is 8.34. The molecule has 0 spiro atoms. The lowest BCUT2D eigenvalue weighted by atomic mass is 10.00. The Morgan fingerprint density at radius 1 is 1.14 bits per heavy atom. The van der Waals surface area contributed by atoms with Crippen molar-refractivity contribution in [1.29, 1.82) is 0 Å². The summed E-state index contributed by atoms with van der Waals surface area (Å²) in [5, 5.41) is 22.6. The SMILES string of the molecule is COC(=O)C1=C(Nc2ccc(-c3cc(C(=O)O)c4cc(C)cc(C)c4n3)cc2)C(=O)N(CCO)C1. The number of carboxylic acids is 1. The Hall–Kier alpha value is -4.24. The average molecular weight is 476 g/mol. The van der Waals surface area contributed by atoms with Crippen molar-refractivity contribution in [2.45, 2.75) is 13.8 Å². The number of amides is 1. The Bertz CT molecular complexity index is 1380. The van der Waals surface area contributed by atoms with E-state index in [0.29, 0.717) is 27.8 Å². The number of nitrogens with zero attached hydrogens (tertiary/aromatic N) is 2. The summed E-state index contributed by atoms with van der Waals surface area (Å²) in [5.41, 5.74) is 4.68. The van der Waals surface area contributed by atoms with Crippen LogP contribution < -0.4 is 5.32 Å². The van der Waals surface area contributed by atoms with Gasteiger partial charge in [-0.05, 0) is 43.7 Å². The third kappa shape index (κ3) is 4.58. The molecule has 180 valence electrons. The zero-order valence-corrected chi connectivity index (χ0v) is 19.6. The van der Waals surface area contributed by atoms with Gasteiger partial charge < -0.3 is 25.2 Å². The highest BCUT2D eigenvalue weighted by Gasteiger charge is 2.34. The van der Waals surface area contributed by atoms with Crippen molar-refractivity contribution in [2.24, 2.45) is 0 Å². The number of nitrogens with one attached hydrogen (secondary N) is 1. The number of aryl methyl sites for hydroxylation is 2. The summed E-state index contributed by atoms with van der Waals surface area (Å²) in [5.74, 6) is -2.06. The molecule has 1 aromatic heterocycles. The fourth-order valence-electron chi connectivity index (χ4n) is 4.22. The van der Waals surface area contributed by atoms with Crippen molar-refractivity contribution in [3.8, 4) is 11.3 Å². The molecule has 0 saturated heterocycles. The summed E-state index contributed by atoms with van der Waals surface area (Å²) < 4.78 is 4.80. The fourth-order valence-corrected chi connectivity index (χ4v) is 4.22. The maximum Gasteiger partial charge on any atom is 0.337 e. The molecule has 1 aliphatic heterocycles.